The smallest absolute Gasteiger partial charge is 0.0629 e. The van der Waals surface area contributed by atoms with E-state index in [0.717, 1.165) is 34.1 Å². The molecule has 1 aliphatic carbocycles. The molecular formula is C61H45N3. The highest BCUT2D eigenvalue weighted by Gasteiger charge is 2.38. The molecule has 0 saturated carbocycles. The number of anilines is 8. The van der Waals surface area contributed by atoms with Gasteiger partial charge in [-0.05, 0) is 124 Å². The van der Waals surface area contributed by atoms with Gasteiger partial charge in [-0.15, -0.1) is 0 Å². The molecule has 1 heterocycles. The van der Waals surface area contributed by atoms with Gasteiger partial charge in [0.15, 0.2) is 0 Å². The van der Waals surface area contributed by atoms with Crippen LogP contribution in [0.3, 0.4) is 0 Å². The molecule has 10 aromatic rings. The van der Waals surface area contributed by atoms with Crippen molar-refractivity contribution in [3.8, 4) is 11.1 Å². The molecule has 64 heavy (non-hydrogen) atoms. The highest BCUT2D eigenvalue weighted by atomic mass is 15.2. The SMILES string of the molecule is Cc1ccc(N(c2ccc(-c3ccc(N(c4ccc5c(c4)C4C=CC=CC4N5c4ccccc4)c4ccc5ccccc5c4)c4ccccc34)cc2)c2cccc3ccccc23)cc1. The van der Waals surface area contributed by atoms with Gasteiger partial charge in [-0.25, -0.2) is 0 Å². The Morgan fingerprint density at radius 3 is 1.81 bits per heavy atom. The number of hydrogen-bond donors (Lipinski definition) is 0. The molecule has 0 spiro atoms. The second kappa shape index (κ2) is 15.6. The van der Waals surface area contributed by atoms with Gasteiger partial charge in [0.2, 0.25) is 0 Å². The summed E-state index contributed by atoms with van der Waals surface area (Å²) in [6, 6.07) is 80.3. The van der Waals surface area contributed by atoms with Gasteiger partial charge in [-0.1, -0.05) is 169 Å². The number of hydrogen-bond acceptors (Lipinski definition) is 3. The van der Waals surface area contributed by atoms with Crippen molar-refractivity contribution < 1.29 is 0 Å². The second-order valence-corrected chi connectivity index (χ2v) is 17.0. The van der Waals surface area contributed by atoms with Crippen molar-refractivity contribution in [3.63, 3.8) is 0 Å². The first-order chi connectivity index (χ1) is 31.7. The van der Waals surface area contributed by atoms with Crippen LogP contribution in [0.1, 0.15) is 17.0 Å². The zero-order chi connectivity index (χ0) is 42.6. The molecule has 3 nitrogen and oxygen atoms in total. The summed E-state index contributed by atoms with van der Waals surface area (Å²) in [5.41, 5.74) is 14.2. The molecule has 2 unspecified atom stereocenters. The van der Waals surface area contributed by atoms with Gasteiger partial charge in [0, 0.05) is 50.8 Å². The van der Waals surface area contributed by atoms with E-state index in [1.807, 2.05) is 0 Å². The van der Waals surface area contributed by atoms with Crippen LogP contribution < -0.4 is 14.7 Å². The maximum absolute atomic E-state index is 2.50. The van der Waals surface area contributed by atoms with Crippen molar-refractivity contribution in [1.29, 1.82) is 0 Å². The van der Waals surface area contributed by atoms with Crippen LogP contribution in [-0.2, 0) is 0 Å². The molecule has 0 radical (unpaired) electrons. The zero-order valence-electron chi connectivity index (χ0n) is 35.6. The third-order valence-corrected chi connectivity index (χ3v) is 13.2. The largest absolute Gasteiger partial charge is 0.333 e. The lowest BCUT2D eigenvalue weighted by molar-refractivity contribution is 0.745. The lowest BCUT2D eigenvalue weighted by Crippen LogP contribution is -2.28. The van der Waals surface area contributed by atoms with Gasteiger partial charge in [0.05, 0.1) is 17.4 Å². The summed E-state index contributed by atoms with van der Waals surface area (Å²) < 4.78 is 0. The zero-order valence-corrected chi connectivity index (χ0v) is 35.6. The van der Waals surface area contributed by atoms with Crippen LogP contribution in [0.2, 0.25) is 0 Å². The van der Waals surface area contributed by atoms with Crippen LogP contribution >= 0.6 is 0 Å². The highest BCUT2D eigenvalue weighted by Crippen LogP contribution is 2.51. The Hall–Kier alpha value is -8.14. The number of aryl methyl sites for hydroxylation is 1. The monoisotopic (exact) mass is 819 g/mol. The van der Waals surface area contributed by atoms with Gasteiger partial charge in [0.25, 0.3) is 0 Å². The summed E-state index contributed by atoms with van der Waals surface area (Å²) in [5.74, 6) is 0.239. The molecule has 0 amide bonds. The van der Waals surface area contributed by atoms with Crippen LogP contribution in [0, 0.1) is 6.92 Å². The molecule has 2 atom stereocenters. The van der Waals surface area contributed by atoms with E-state index in [-0.39, 0.29) is 12.0 Å². The van der Waals surface area contributed by atoms with E-state index in [2.05, 4.69) is 264 Å². The predicted octanol–water partition coefficient (Wildman–Crippen LogP) is 16.8. The number of nitrogens with zero attached hydrogens (tertiary/aromatic N) is 3. The van der Waals surface area contributed by atoms with Gasteiger partial charge in [-0.2, -0.15) is 0 Å². The summed E-state index contributed by atoms with van der Waals surface area (Å²) in [6.07, 6.45) is 9.11. The summed E-state index contributed by atoms with van der Waals surface area (Å²) in [6.45, 7) is 2.14. The summed E-state index contributed by atoms with van der Waals surface area (Å²) in [5, 5.41) is 7.28. The Morgan fingerprint density at radius 1 is 0.406 bits per heavy atom. The Balaban J connectivity index is 0.987. The molecule has 0 aromatic heterocycles. The molecular weight excluding hydrogens is 775 g/mol. The molecule has 304 valence electrons. The van der Waals surface area contributed by atoms with E-state index < -0.39 is 0 Å². The normalized spacial score (nSPS) is 15.1. The van der Waals surface area contributed by atoms with Crippen molar-refractivity contribution in [2.75, 3.05) is 14.7 Å². The molecule has 1 aliphatic heterocycles. The number of allylic oxidation sites excluding steroid dienone is 2. The average molecular weight is 820 g/mol. The van der Waals surface area contributed by atoms with E-state index >= 15 is 0 Å². The fraction of sp³-hybridized carbons (Fsp3) is 0.0492. The molecule has 0 N–H and O–H groups in total. The van der Waals surface area contributed by atoms with Crippen molar-refractivity contribution in [3.05, 3.63) is 254 Å². The fourth-order valence-corrected chi connectivity index (χ4v) is 10.1. The highest BCUT2D eigenvalue weighted by molar-refractivity contribution is 6.07. The Morgan fingerprint density at radius 2 is 1.00 bits per heavy atom. The standard InChI is InChI=1S/C61H45N3/c1-42-26-31-48(32-27-42)62(58-25-13-17-44-15-7-8-20-53(44)58)49-33-29-45(30-34-49)52-37-39-60(55-22-10-9-21-54(52)55)63(50-35-28-43-14-5-6-16-46(43)40-50)51-36-38-61-57(41-51)56-23-11-12-24-59(56)64(61)47-18-3-2-4-19-47/h2-41,56,59H,1H3. The maximum Gasteiger partial charge on any atom is 0.0629 e. The fourth-order valence-electron chi connectivity index (χ4n) is 10.1. The van der Waals surface area contributed by atoms with E-state index in [1.165, 1.54) is 65.9 Å². The molecule has 10 aromatic carbocycles. The molecule has 0 fully saturated rings. The minimum absolute atomic E-state index is 0.217. The molecule has 0 saturated heterocycles. The van der Waals surface area contributed by atoms with E-state index in [1.54, 1.807) is 0 Å². The van der Waals surface area contributed by atoms with Crippen molar-refractivity contribution >= 4 is 77.8 Å². The van der Waals surface area contributed by atoms with Gasteiger partial charge < -0.3 is 14.7 Å². The molecule has 2 aliphatic rings. The number of rotatable bonds is 8. The topological polar surface area (TPSA) is 9.72 Å². The second-order valence-electron chi connectivity index (χ2n) is 17.0. The van der Waals surface area contributed by atoms with Gasteiger partial charge in [0.1, 0.15) is 0 Å². The maximum atomic E-state index is 2.50. The lowest BCUT2D eigenvalue weighted by atomic mass is 9.91. The van der Waals surface area contributed by atoms with Crippen molar-refractivity contribution in [2.45, 2.75) is 18.9 Å². The van der Waals surface area contributed by atoms with Crippen LogP contribution in [0.5, 0.6) is 0 Å². The first kappa shape index (κ1) is 37.6. The van der Waals surface area contributed by atoms with Crippen LogP contribution in [0.15, 0.2) is 243 Å². The summed E-state index contributed by atoms with van der Waals surface area (Å²) in [4.78, 5) is 7.35. The first-order valence-electron chi connectivity index (χ1n) is 22.3. The Labute approximate surface area is 374 Å². The minimum atomic E-state index is 0.217. The summed E-state index contributed by atoms with van der Waals surface area (Å²) in [7, 11) is 0. The predicted molar refractivity (Wildman–Crippen MR) is 272 cm³/mol. The quantitative estimate of drug-likeness (QED) is 0.151. The summed E-state index contributed by atoms with van der Waals surface area (Å²) >= 11 is 0. The Kier molecular flexibility index (Phi) is 9.19. The number of benzene rings is 10. The van der Waals surface area contributed by atoms with E-state index in [0.29, 0.717) is 0 Å². The minimum Gasteiger partial charge on any atom is -0.333 e. The Bertz CT molecular complexity index is 3420. The van der Waals surface area contributed by atoms with Crippen molar-refractivity contribution in [1.82, 2.24) is 0 Å². The van der Waals surface area contributed by atoms with E-state index in [9.17, 15) is 0 Å². The average Bonchev–Trinajstić information content (AvgIpc) is 3.69. The first-order valence-corrected chi connectivity index (χ1v) is 22.3. The van der Waals surface area contributed by atoms with Crippen LogP contribution in [-0.4, -0.2) is 6.04 Å². The van der Waals surface area contributed by atoms with Crippen LogP contribution in [0.4, 0.5) is 45.5 Å². The van der Waals surface area contributed by atoms with Gasteiger partial charge in [-0.3, -0.25) is 0 Å². The third kappa shape index (κ3) is 6.44. The van der Waals surface area contributed by atoms with Crippen molar-refractivity contribution in [2.24, 2.45) is 0 Å². The lowest BCUT2D eigenvalue weighted by Gasteiger charge is -2.29. The number of para-hydroxylation sites is 1. The van der Waals surface area contributed by atoms with Crippen LogP contribution in [0.25, 0.3) is 43.4 Å². The third-order valence-electron chi connectivity index (χ3n) is 13.2. The van der Waals surface area contributed by atoms with E-state index in [4.69, 9.17) is 0 Å². The van der Waals surface area contributed by atoms with Gasteiger partial charge >= 0.3 is 0 Å². The molecule has 12 rings (SSSR count). The number of fused-ring (bicyclic) bond motifs is 6. The molecule has 0 bridgehead atoms. The molecule has 3 heteroatoms.